The number of amides is 4. The van der Waals surface area contributed by atoms with Gasteiger partial charge in [-0.1, -0.05) is 36.4 Å². The van der Waals surface area contributed by atoms with Crippen LogP contribution in [0.1, 0.15) is 79.0 Å². The lowest BCUT2D eigenvalue weighted by Gasteiger charge is -2.38. The van der Waals surface area contributed by atoms with Crippen molar-refractivity contribution in [3.8, 4) is 5.75 Å². The average molecular weight is 802 g/mol. The predicted octanol–water partition coefficient (Wildman–Crippen LogP) is 5.85. The van der Waals surface area contributed by atoms with E-state index in [-0.39, 0.29) is 29.4 Å². The minimum Gasteiger partial charge on any atom is -0.507 e. The Kier molecular flexibility index (Phi) is 13.1. The molecule has 0 spiro atoms. The molecule has 4 aliphatic rings. The fourth-order valence-electron chi connectivity index (χ4n) is 9.12. The summed E-state index contributed by atoms with van der Waals surface area (Å²) in [6.07, 6.45) is 9.88. The fourth-order valence-corrected chi connectivity index (χ4v) is 9.12. The number of likely N-dealkylation sites (tertiary alicyclic amines) is 3. The van der Waals surface area contributed by atoms with Gasteiger partial charge in [0.2, 0.25) is 5.91 Å². The van der Waals surface area contributed by atoms with E-state index in [0.717, 1.165) is 112 Å². The summed E-state index contributed by atoms with van der Waals surface area (Å²) in [5, 5.41) is 13.3. The quantitative estimate of drug-likeness (QED) is 0.137. The summed E-state index contributed by atoms with van der Waals surface area (Å²) in [6.45, 7) is 9.36. The van der Waals surface area contributed by atoms with Gasteiger partial charge in [-0.3, -0.25) is 19.8 Å². The molecular weight excluding hydrogens is 743 g/mol. The number of carbonyl (C=O) groups excluding carboxylic acids is 3. The zero-order valence-corrected chi connectivity index (χ0v) is 34.2. The maximum atomic E-state index is 12.8. The molecule has 4 amide bonds. The maximum Gasteiger partial charge on any atom is 0.328 e. The molecule has 312 valence electrons. The van der Waals surface area contributed by atoms with E-state index in [1.54, 1.807) is 29.2 Å². The lowest BCUT2D eigenvalue weighted by Crippen LogP contribution is -2.49. The van der Waals surface area contributed by atoms with Crippen molar-refractivity contribution in [2.24, 2.45) is 23.1 Å². The number of carbonyl (C=O) groups is 3. The molecule has 4 fully saturated rings. The van der Waals surface area contributed by atoms with Gasteiger partial charge in [0.05, 0.1) is 16.9 Å². The first-order valence-electron chi connectivity index (χ1n) is 21.1. The van der Waals surface area contributed by atoms with Gasteiger partial charge in [-0.05, 0) is 106 Å². The lowest BCUT2D eigenvalue weighted by atomic mass is 9.94. The summed E-state index contributed by atoms with van der Waals surface area (Å²) in [5.41, 5.74) is 23.4. The van der Waals surface area contributed by atoms with Gasteiger partial charge in [0.15, 0.2) is 0 Å². The van der Waals surface area contributed by atoms with Crippen molar-refractivity contribution in [1.82, 2.24) is 24.6 Å². The van der Waals surface area contributed by atoms with Crippen LogP contribution < -0.4 is 27.4 Å². The van der Waals surface area contributed by atoms with Gasteiger partial charge in [0.1, 0.15) is 11.6 Å². The number of imide groups is 1. The summed E-state index contributed by atoms with van der Waals surface area (Å²) in [5.74, 6) is 0.984. The Bertz CT molecular complexity index is 2170. The van der Waals surface area contributed by atoms with Crippen LogP contribution in [-0.2, 0) is 4.79 Å². The van der Waals surface area contributed by atoms with Crippen molar-refractivity contribution >= 4 is 40.1 Å². The number of aryl methyl sites for hydroxylation is 1. The number of piperidine rings is 3. The Morgan fingerprint density at radius 3 is 2.17 bits per heavy atom. The van der Waals surface area contributed by atoms with Crippen molar-refractivity contribution in [3.63, 3.8) is 0 Å². The minimum atomic E-state index is -0.340. The van der Waals surface area contributed by atoms with Gasteiger partial charge in [-0.25, -0.2) is 4.79 Å². The van der Waals surface area contributed by atoms with Crippen LogP contribution in [0, 0.1) is 12.8 Å². The van der Waals surface area contributed by atoms with E-state index in [1.165, 1.54) is 12.1 Å². The number of para-hydroxylation sites is 1. The molecule has 4 aromatic rings. The molecule has 1 aromatic heterocycles. The number of urea groups is 1. The largest absolute Gasteiger partial charge is 0.507 e. The van der Waals surface area contributed by atoms with Gasteiger partial charge in [0, 0.05) is 92.7 Å². The maximum absolute atomic E-state index is 12.8. The summed E-state index contributed by atoms with van der Waals surface area (Å²) < 4.78 is 2.46. The lowest BCUT2D eigenvalue weighted by molar-refractivity contribution is -0.120. The van der Waals surface area contributed by atoms with E-state index in [1.807, 2.05) is 53.4 Å². The number of anilines is 1. The molecular formula is C46H59N9O4. The van der Waals surface area contributed by atoms with Crippen molar-refractivity contribution in [3.05, 3.63) is 113 Å². The third-order valence-electron chi connectivity index (χ3n) is 12.3. The van der Waals surface area contributed by atoms with Crippen LogP contribution in [0.25, 0.3) is 16.6 Å². The minimum absolute atomic E-state index is 0.148. The van der Waals surface area contributed by atoms with Gasteiger partial charge in [-0.2, -0.15) is 0 Å². The number of allylic oxidation sites excluding steroid dienone is 1. The summed E-state index contributed by atoms with van der Waals surface area (Å²) in [6, 6.07) is 25.0. The molecule has 0 atom stereocenters. The molecule has 5 heterocycles. The monoisotopic (exact) mass is 801 g/mol. The van der Waals surface area contributed by atoms with Crippen molar-refractivity contribution < 1.29 is 19.5 Å². The number of hydrogen-bond donors (Lipinski definition) is 5. The third-order valence-corrected chi connectivity index (χ3v) is 12.3. The zero-order chi connectivity index (χ0) is 41.5. The molecule has 13 nitrogen and oxygen atoms in total. The number of phenols is 1. The molecule has 3 aromatic carbocycles. The van der Waals surface area contributed by atoms with Gasteiger partial charge >= 0.3 is 6.03 Å². The van der Waals surface area contributed by atoms with Crippen molar-refractivity contribution in [2.75, 3.05) is 57.3 Å². The Morgan fingerprint density at radius 1 is 0.797 bits per heavy atom. The molecule has 0 aliphatic carbocycles. The summed E-state index contributed by atoms with van der Waals surface area (Å²) in [7, 11) is 0. The Balaban J connectivity index is 0.000000222. The van der Waals surface area contributed by atoms with Crippen LogP contribution in [0.4, 0.5) is 10.5 Å². The Labute approximate surface area is 347 Å². The van der Waals surface area contributed by atoms with Crippen LogP contribution in [0.5, 0.6) is 5.75 Å². The summed E-state index contributed by atoms with van der Waals surface area (Å²) >= 11 is 0. The number of aromatic nitrogens is 1. The Hall–Kier alpha value is -5.95. The second kappa shape index (κ2) is 18.8. The van der Waals surface area contributed by atoms with Gasteiger partial charge in [0.25, 0.3) is 5.91 Å². The second-order valence-electron chi connectivity index (χ2n) is 16.3. The number of aromatic hydroxyl groups is 1. The van der Waals surface area contributed by atoms with Crippen LogP contribution in [0.3, 0.4) is 0 Å². The van der Waals surface area contributed by atoms with E-state index in [4.69, 9.17) is 17.2 Å². The first-order chi connectivity index (χ1) is 28.6. The number of hydrogen-bond acceptors (Lipinski definition) is 9. The second-order valence-corrected chi connectivity index (χ2v) is 16.3. The number of fused-ring (bicyclic) bond motifs is 1. The molecule has 0 bridgehead atoms. The first-order valence-corrected chi connectivity index (χ1v) is 21.1. The molecule has 4 saturated heterocycles. The standard InChI is InChI=1S/C31H37N5O3.C15H22N4O/c1-22-20-26-27(35-19-14-29(37)32-31(35)39)8-5-9-28(26)36(22)25-12-15-33(16-13-25)21-23-10-17-34(18-11-23)30(38)24-6-3-2-4-7-24;16-12(11-6-2-3-7-14(11)20)10-13(15(17)18)19-8-4-1-5-9-19/h2-9,20,23,25H,10-19,21H2,1H3,(H,32,37,39);2-3,6-7,10,20H,1,4-5,8-9,16-18H2/b;12-10-. The molecule has 0 radical (unpaired) electrons. The van der Waals surface area contributed by atoms with E-state index >= 15 is 0 Å². The highest BCUT2D eigenvalue weighted by molar-refractivity contribution is 6.09. The Morgan fingerprint density at radius 2 is 1.49 bits per heavy atom. The average Bonchev–Trinajstić information content (AvgIpc) is 3.60. The molecule has 59 heavy (non-hydrogen) atoms. The topological polar surface area (TPSA) is 179 Å². The van der Waals surface area contributed by atoms with Crippen LogP contribution in [-0.4, -0.2) is 94.6 Å². The predicted molar refractivity (Wildman–Crippen MR) is 233 cm³/mol. The highest BCUT2D eigenvalue weighted by Gasteiger charge is 2.30. The number of benzene rings is 3. The van der Waals surface area contributed by atoms with Crippen molar-refractivity contribution in [2.45, 2.75) is 64.3 Å². The fraction of sp³-hybridized carbons (Fsp3) is 0.413. The number of phenolic OH excluding ortho intramolecular Hbond substituents is 1. The van der Waals surface area contributed by atoms with Gasteiger partial charge < -0.3 is 41.6 Å². The smallest absolute Gasteiger partial charge is 0.328 e. The van der Waals surface area contributed by atoms with E-state index < -0.39 is 0 Å². The van der Waals surface area contributed by atoms with Crippen LogP contribution in [0.2, 0.25) is 0 Å². The molecule has 8 rings (SSSR count). The third kappa shape index (κ3) is 9.68. The van der Waals surface area contributed by atoms with E-state index in [9.17, 15) is 19.5 Å². The highest BCUT2D eigenvalue weighted by atomic mass is 16.3. The molecule has 8 N–H and O–H groups in total. The molecule has 0 unspecified atom stereocenters. The molecule has 13 heteroatoms. The molecule has 0 saturated carbocycles. The summed E-state index contributed by atoms with van der Waals surface area (Å²) in [4.78, 5) is 45.4. The van der Waals surface area contributed by atoms with Crippen LogP contribution >= 0.6 is 0 Å². The highest BCUT2D eigenvalue weighted by Crippen LogP contribution is 2.36. The number of nitrogens with zero attached hydrogens (tertiary/aromatic N) is 5. The van der Waals surface area contributed by atoms with Crippen molar-refractivity contribution in [1.29, 1.82) is 0 Å². The van der Waals surface area contributed by atoms with E-state index in [0.29, 0.717) is 36.2 Å². The zero-order valence-electron chi connectivity index (χ0n) is 34.2. The van der Waals surface area contributed by atoms with Gasteiger partial charge in [-0.15, -0.1) is 0 Å². The van der Waals surface area contributed by atoms with Crippen LogP contribution in [0.15, 0.2) is 96.5 Å². The normalized spacial score (nSPS) is 18.7. The first kappa shape index (κ1) is 41.2. The number of rotatable bonds is 8. The number of nitrogens with two attached hydrogens (primary N) is 3. The molecule has 4 aliphatic heterocycles. The SMILES string of the molecule is Cc1cc2c(N3CCC(=O)NC3=O)cccc2n1C1CCN(CC2CCN(C(=O)c3ccccc3)CC2)CC1.NC(N)=C(/C=C(\N)c1ccccc1O)N1CCCCC1. The van der Waals surface area contributed by atoms with E-state index in [2.05, 4.69) is 38.7 Å². The number of nitrogens with one attached hydrogen (secondary N) is 1.